The predicted molar refractivity (Wildman–Crippen MR) is 72.7 cm³/mol. The van der Waals surface area contributed by atoms with Crippen LogP contribution in [0.2, 0.25) is 0 Å². The molecular weight excluding hydrogens is 228 g/mol. The third-order valence-electron chi connectivity index (χ3n) is 2.92. The van der Waals surface area contributed by atoms with Crippen LogP contribution in [0.15, 0.2) is 24.3 Å². The fourth-order valence-corrected chi connectivity index (χ4v) is 1.74. The Morgan fingerprint density at radius 1 is 1.44 bits per heavy atom. The zero-order valence-corrected chi connectivity index (χ0v) is 11.3. The number of benzene rings is 1. The van der Waals surface area contributed by atoms with Gasteiger partial charge in [-0.15, -0.1) is 0 Å². The second kappa shape index (κ2) is 7.01. The summed E-state index contributed by atoms with van der Waals surface area (Å²) in [6.45, 7) is 4.38. The van der Waals surface area contributed by atoms with E-state index in [9.17, 15) is 4.79 Å². The van der Waals surface area contributed by atoms with E-state index in [0.29, 0.717) is 13.0 Å². The summed E-state index contributed by atoms with van der Waals surface area (Å²) in [4.78, 5) is 11.8. The Morgan fingerprint density at radius 3 is 2.78 bits per heavy atom. The number of methoxy groups -OCH3 is 1. The van der Waals surface area contributed by atoms with E-state index in [1.54, 1.807) is 7.11 Å². The molecule has 0 aromatic heterocycles. The Labute approximate surface area is 109 Å². The topological polar surface area (TPSA) is 64.3 Å². The number of carbonyl (C=O) groups is 1. The van der Waals surface area contributed by atoms with Gasteiger partial charge in [-0.05, 0) is 30.5 Å². The Hall–Kier alpha value is -1.55. The van der Waals surface area contributed by atoms with Crippen molar-refractivity contribution < 1.29 is 9.53 Å². The standard InChI is InChI=1S/C14H22N2O2/c1-10(7-14(17)16-11(2)9-15)12-5-4-6-13(8-12)18-3/h4-6,8,10-11H,7,9,15H2,1-3H3,(H,16,17)/t10?,11-/m0/s1. The first-order valence-corrected chi connectivity index (χ1v) is 6.20. The molecule has 0 aliphatic carbocycles. The van der Waals surface area contributed by atoms with Crippen molar-refractivity contribution in [2.24, 2.45) is 5.73 Å². The highest BCUT2D eigenvalue weighted by molar-refractivity contribution is 5.77. The molecule has 0 fully saturated rings. The number of ether oxygens (including phenoxy) is 1. The summed E-state index contributed by atoms with van der Waals surface area (Å²) in [7, 11) is 1.64. The summed E-state index contributed by atoms with van der Waals surface area (Å²) in [6.07, 6.45) is 0.456. The first-order valence-electron chi connectivity index (χ1n) is 6.20. The lowest BCUT2D eigenvalue weighted by molar-refractivity contribution is -0.121. The normalized spacial score (nSPS) is 13.8. The summed E-state index contributed by atoms with van der Waals surface area (Å²) in [5, 5.41) is 2.86. The number of nitrogens with two attached hydrogens (primary N) is 1. The van der Waals surface area contributed by atoms with E-state index in [2.05, 4.69) is 5.32 Å². The van der Waals surface area contributed by atoms with Gasteiger partial charge in [-0.1, -0.05) is 19.1 Å². The van der Waals surface area contributed by atoms with Gasteiger partial charge in [-0.2, -0.15) is 0 Å². The van der Waals surface area contributed by atoms with E-state index < -0.39 is 0 Å². The molecule has 1 rings (SSSR count). The lowest BCUT2D eigenvalue weighted by atomic mass is 9.97. The SMILES string of the molecule is COc1cccc(C(C)CC(=O)N[C@@H](C)CN)c1. The van der Waals surface area contributed by atoms with Crippen molar-refractivity contribution in [1.29, 1.82) is 0 Å². The van der Waals surface area contributed by atoms with Crippen molar-refractivity contribution in [3.63, 3.8) is 0 Å². The van der Waals surface area contributed by atoms with Gasteiger partial charge < -0.3 is 15.8 Å². The summed E-state index contributed by atoms with van der Waals surface area (Å²) in [5.41, 5.74) is 6.57. The second-order valence-corrected chi connectivity index (χ2v) is 4.59. The number of nitrogens with one attached hydrogen (secondary N) is 1. The highest BCUT2D eigenvalue weighted by Gasteiger charge is 2.13. The van der Waals surface area contributed by atoms with Crippen molar-refractivity contribution in [1.82, 2.24) is 5.32 Å². The summed E-state index contributed by atoms with van der Waals surface area (Å²) >= 11 is 0. The summed E-state index contributed by atoms with van der Waals surface area (Å²) in [5.74, 6) is 1.00. The van der Waals surface area contributed by atoms with Crippen LogP contribution in [0, 0.1) is 0 Å². The minimum atomic E-state index is 0.0232. The number of hydrogen-bond acceptors (Lipinski definition) is 3. The lowest BCUT2D eigenvalue weighted by Gasteiger charge is -2.15. The quantitative estimate of drug-likeness (QED) is 0.807. The van der Waals surface area contributed by atoms with Crippen LogP contribution in [0.3, 0.4) is 0 Å². The second-order valence-electron chi connectivity index (χ2n) is 4.59. The van der Waals surface area contributed by atoms with E-state index in [1.165, 1.54) is 0 Å². The minimum absolute atomic E-state index is 0.0232. The van der Waals surface area contributed by atoms with Gasteiger partial charge in [0.15, 0.2) is 0 Å². The Morgan fingerprint density at radius 2 is 2.17 bits per heavy atom. The highest BCUT2D eigenvalue weighted by atomic mass is 16.5. The van der Waals surface area contributed by atoms with Crippen LogP contribution >= 0.6 is 0 Å². The molecule has 4 nitrogen and oxygen atoms in total. The molecule has 1 aromatic carbocycles. The fraction of sp³-hybridized carbons (Fsp3) is 0.500. The molecule has 100 valence electrons. The van der Waals surface area contributed by atoms with E-state index >= 15 is 0 Å². The lowest BCUT2D eigenvalue weighted by Crippen LogP contribution is -2.38. The van der Waals surface area contributed by atoms with Gasteiger partial charge >= 0.3 is 0 Å². The van der Waals surface area contributed by atoms with Crippen molar-refractivity contribution in [3.8, 4) is 5.75 Å². The molecule has 4 heteroatoms. The molecule has 0 heterocycles. The van der Waals surface area contributed by atoms with Crippen molar-refractivity contribution in [3.05, 3.63) is 29.8 Å². The average molecular weight is 250 g/mol. The first-order chi connectivity index (χ1) is 8.56. The van der Waals surface area contributed by atoms with Gasteiger partial charge in [-0.25, -0.2) is 0 Å². The molecule has 1 unspecified atom stereocenters. The number of carbonyl (C=O) groups excluding carboxylic acids is 1. The zero-order chi connectivity index (χ0) is 13.5. The molecular formula is C14H22N2O2. The third-order valence-corrected chi connectivity index (χ3v) is 2.92. The Balaban J connectivity index is 2.58. The number of amides is 1. The van der Waals surface area contributed by atoms with Gasteiger partial charge in [0.25, 0.3) is 0 Å². The molecule has 1 aromatic rings. The average Bonchev–Trinajstić information content (AvgIpc) is 2.38. The summed E-state index contributed by atoms with van der Waals surface area (Å²) in [6, 6.07) is 7.82. The Kier molecular flexibility index (Phi) is 5.65. The van der Waals surface area contributed by atoms with Crippen LogP contribution in [-0.2, 0) is 4.79 Å². The third kappa shape index (κ3) is 4.37. The largest absolute Gasteiger partial charge is 0.497 e. The zero-order valence-electron chi connectivity index (χ0n) is 11.3. The van der Waals surface area contributed by atoms with Crippen LogP contribution in [-0.4, -0.2) is 25.6 Å². The molecule has 1 amide bonds. The molecule has 0 spiro atoms. The molecule has 0 bridgehead atoms. The molecule has 0 saturated heterocycles. The monoisotopic (exact) mass is 250 g/mol. The van der Waals surface area contributed by atoms with Crippen molar-refractivity contribution in [2.75, 3.05) is 13.7 Å². The van der Waals surface area contributed by atoms with Crippen molar-refractivity contribution in [2.45, 2.75) is 32.2 Å². The van der Waals surface area contributed by atoms with Gasteiger partial charge in [0, 0.05) is 19.0 Å². The van der Waals surface area contributed by atoms with Crippen LogP contribution in [0.4, 0.5) is 0 Å². The van der Waals surface area contributed by atoms with E-state index in [0.717, 1.165) is 11.3 Å². The van der Waals surface area contributed by atoms with E-state index in [1.807, 2.05) is 38.1 Å². The number of hydrogen-bond donors (Lipinski definition) is 2. The van der Waals surface area contributed by atoms with Crippen LogP contribution < -0.4 is 15.8 Å². The molecule has 2 atom stereocenters. The number of rotatable bonds is 6. The van der Waals surface area contributed by atoms with E-state index in [-0.39, 0.29) is 17.9 Å². The van der Waals surface area contributed by atoms with Crippen LogP contribution in [0.5, 0.6) is 5.75 Å². The van der Waals surface area contributed by atoms with Gasteiger partial charge in [0.05, 0.1) is 7.11 Å². The van der Waals surface area contributed by atoms with Crippen molar-refractivity contribution >= 4 is 5.91 Å². The predicted octanol–water partition coefficient (Wildman–Crippen LogP) is 1.65. The Bertz CT molecular complexity index is 393. The van der Waals surface area contributed by atoms with E-state index in [4.69, 9.17) is 10.5 Å². The molecule has 0 radical (unpaired) electrons. The minimum Gasteiger partial charge on any atom is -0.497 e. The maximum atomic E-state index is 11.8. The van der Waals surface area contributed by atoms with Gasteiger partial charge in [-0.3, -0.25) is 4.79 Å². The molecule has 0 aliphatic rings. The smallest absolute Gasteiger partial charge is 0.220 e. The fourth-order valence-electron chi connectivity index (χ4n) is 1.74. The molecule has 18 heavy (non-hydrogen) atoms. The van der Waals surface area contributed by atoms with Crippen LogP contribution in [0.25, 0.3) is 0 Å². The highest BCUT2D eigenvalue weighted by Crippen LogP contribution is 2.22. The van der Waals surface area contributed by atoms with Crippen LogP contribution in [0.1, 0.15) is 31.7 Å². The molecule has 0 aliphatic heterocycles. The first kappa shape index (κ1) is 14.5. The van der Waals surface area contributed by atoms with Gasteiger partial charge in [0.2, 0.25) is 5.91 Å². The maximum absolute atomic E-state index is 11.8. The summed E-state index contributed by atoms with van der Waals surface area (Å²) < 4.78 is 5.17. The molecule has 0 saturated carbocycles. The molecule has 3 N–H and O–H groups in total. The maximum Gasteiger partial charge on any atom is 0.220 e. The van der Waals surface area contributed by atoms with Gasteiger partial charge in [0.1, 0.15) is 5.75 Å².